The Morgan fingerprint density at radius 2 is 2.09 bits per heavy atom. The number of nitrogens with zero attached hydrogens (tertiary/aromatic N) is 2. The first-order valence-electron chi connectivity index (χ1n) is 12.6. The van der Waals surface area contributed by atoms with E-state index in [9.17, 15) is 9.59 Å². The summed E-state index contributed by atoms with van der Waals surface area (Å²) in [5, 5.41) is 3.58. The Balaban J connectivity index is 1.33. The molecule has 2 heterocycles. The lowest BCUT2D eigenvalue weighted by Gasteiger charge is -2.39. The lowest BCUT2D eigenvalue weighted by atomic mass is 9.65. The van der Waals surface area contributed by atoms with E-state index >= 15 is 0 Å². The summed E-state index contributed by atoms with van der Waals surface area (Å²) in [5.74, 6) is 1.91. The van der Waals surface area contributed by atoms with Crippen molar-refractivity contribution in [1.82, 2.24) is 9.97 Å². The summed E-state index contributed by atoms with van der Waals surface area (Å²) in [7, 11) is 0. The summed E-state index contributed by atoms with van der Waals surface area (Å²) in [6.07, 6.45) is 11.3. The Kier molecular flexibility index (Phi) is 6.82. The molecule has 2 aromatic heterocycles. The molecular formula is C27H33N3O3S. The van der Waals surface area contributed by atoms with Crippen LogP contribution in [-0.4, -0.2) is 21.7 Å². The predicted octanol–water partition coefficient (Wildman–Crippen LogP) is 6.44. The molecule has 1 aromatic carbocycles. The van der Waals surface area contributed by atoms with Crippen molar-refractivity contribution in [2.45, 2.75) is 77.6 Å². The molecule has 0 spiro atoms. The fourth-order valence-corrected chi connectivity index (χ4v) is 7.03. The van der Waals surface area contributed by atoms with Crippen molar-refractivity contribution >= 4 is 39.3 Å². The van der Waals surface area contributed by atoms with E-state index < -0.39 is 0 Å². The minimum absolute atomic E-state index is 0.00241. The number of oxazole rings is 1. The Labute approximate surface area is 204 Å². The number of anilines is 1. The minimum Gasteiger partial charge on any atom is -0.443 e. The second-order valence-corrected chi connectivity index (χ2v) is 11.3. The number of amides is 1. The van der Waals surface area contributed by atoms with E-state index in [1.54, 1.807) is 12.6 Å². The number of unbranched alkanes of at least 4 members (excludes halogenated alkanes) is 1. The van der Waals surface area contributed by atoms with Crippen LogP contribution in [0.4, 0.5) is 5.13 Å². The molecule has 1 saturated carbocycles. The lowest BCUT2D eigenvalue weighted by Crippen LogP contribution is -2.30. The molecule has 1 fully saturated rings. The maximum absolute atomic E-state index is 12.6. The fraction of sp³-hybridized carbons (Fsp3) is 0.556. The maximum atomic E-state index is 12.6. The number of rotatable bonds is 8. The van der Waals surface area contributed by atoms with Crippen molar-refractivity contribution in [1.29, 1.82) is 0 Å². The number of aryl methyl sites for hydroxylation is 2. The third-order valence-corrected chi connectivity index (χ3v) is 8.70. The zero-order chi connectivity index (χ0) is 23.7. The highest BCUT2D eigenvalue weighted by Gasteiger charge is 2.43. The number of ketones is 1. The molecule has 2 aliphatic carbocycles. The molecule has 1 N–H and O–H groups in total. The summed E-state index contributed by atoms with van der Waals surface area (Å²) in [6, 6.07) is 4.30. The van der Waals surface area contributed by atoms with Gasteiger partial charge < -0.3 is 9.73 Å². The third-order valence-electron chi connectivity index (χ3n) is 7.87. The van der Waals surface area contributed by atoms with Crippen molar-refractivity contribution in [3.05, 3.63) is 40.7 Å². The van der Waals surface area contributed by atoms with Gasteiger partial charge in [-0.1, -0.05) is 25.8 Å². The molecule has 2 aliphatic rings. The highest BCUT2D eigenvalue weighted by atomic mass is 32.1. The van der Waals surface area contributed by atoms with Crippen molar-refractivity contribution in [3.8, 4) is 0 Å². The largest absolute Gasteiger partial charge is 0.443 e. The molecule has 0 radical (unpaired) electrons. The van der Waals surface area contributed by atoms with E-state index in [-0.39, 0.29) is 11.8 Å². The van der Waals surface area contributed by atoms with Crippen LogP contribution in [0.1, 0.15) is 80.2 Å². The number of hydrogen-bond acceptors (Lipinski definition) is 6. The second kappa shape index (κ2) is 9.98. The number of hydrogen-bond donors (Lipinski definition) is 1. The van der Waals surface area contributed by atoms with E-state index in [1.807, 2.05) is 6.92 Å². The number of nitrogens with one attached hydrogen (secondary N) is 1. The molecular weight excluding hydrogens is 446 g/mol. The normalized spacial score (nSPS) is 24.5. The van der Waals surface area contributed by atoms with Gasteiger partial charge in [0.05, 0.1) is 0 Å². The molecule has 6 nitrogen and oxygen atoms in total. The van der Waals surface area contributed by atoms with Crippen molar-refractivity contribution in [2.24, 2.45) is 17.8 Å². The standard InChI is InChI=1S/C27H33N3O3S/c1-3-4-5-19-20-9-10-24-26(29-15-33-24)22(20)8-7-21(19)23-13-18(31)12-17(23)6-11-25(32)30-27-28-14-16(2)34-27/h9-10,14-15,17,19,21,23H,3-8,11-13H2,1-2H3,(H,28,30,32)/t17-,19?,21?,23?/m1/s1. The first kappa shape index (κ1) is 23.2. The first-order valence-corrected chi connectivity index (χ1v) is 13.4. The van der Waals surface area contributed by atoms with Crippen molar-refractivity contribution < 1.29 is 14.0 Å². The molecule has 3 unspecified atom stereocenters. The molecule has 7 heteroatoms. The molecule has 0 bridgehead atoms. The lowest BCUT2D eigenvalue weighted by molar-refractivity contribution is -0.118. The summed E-state index contributed by atoms with van der Waals surface area (Å²) >= 11 is 1.49. The van der Waals surface area contributed by atoms with Crippen LogP contribution >= 0.6 is 11.3 Å². The van der Waals surface area contributed by atoms with Gasteiger partial charge in [-0.15, -0.1) is 11.3 Å². The molecule has 3 aromatic rings. The van der Waals surface area contributed by atoms with Crippen LogP contribution in [0.5, 0.6) is 0 Å². The van der Waals surface area contributed by atoms with Gasteiger partial charge >= 0.3 is 0 Å². The summed E-state index contributed by atoms with van der Waals surface area (Å²) in [6.45, 7) is 4.22. The highest BCUT2D eigenvalue weighted by molar-refractivity contribution is 7.15. The Morgan fingerprint density at radius 1 is 1.21 bits per heavy atom. The zero-order valence-corrected chi connectivity index (χ0v) is 20.8. The maximum Gasteiger partial charge on any atom is 0.226 e. The minimum atomic E-state index is -0.00241. The number of carbonyl (C=O) groups is 2. The molecule has 0 aliphatic heterocycles. The van der Waals surface area contributed by atoms with Gasteiger partial charge in [0, 0.05) is 30.3 Å². The van der Waals surface area contributed by atoms with Crippen LogP contribution < -0.4 is 5.32 Å². The molecule has 4 atom stereocenters. The summed E-state index contributed by atoms with van der Waals surface area (Å²) < 4.78 is 5.56. The summed E-state index contributed by atoms with van der Waals surface area (Å²) in [4.78, 5) is 35.0. The number of benzene rings is 1. The van der Waals surface area contributed by atoms with Crippen molar-refractivity contribution in [3.63, 3.8) is 0 Å². The fourth-order valence-electron chi connectivity index (χ4n) is 6.35. The second-order valence-electron chi connectivity index (χ2n) is 10.0. The van der Waals surface area contributed by atoms with Gasteiger partial charge in [0.25, 0.3) is 0 Å². The van der Waals surface area contributed by atoms with Crippen molar-refractivity contribution in [2.75, 3.05) is 5.32 Å². The molecule has 5 rings (SSSR count). The smallest absolute Gasteiger partial charge is 0.226 e. The number of thiazole rings is 1. The SMILES string of the molecule is CCCCC1c2ccc3ocnc3c2CCC1C1CC(=O)C[C@H]1CCC(=O)Nc1ncc(C)s1. The van der Waals surface area contributed by atoms with Crippen LogP contribution in [0, 0.1) is 24.7 Å². The van der Waals surface area contributed by atoms with Crippen LogP contribution in [0.15, 0.2) is 29.1 Å². The topological polar surface area (TPSA) is 85.1 Å². The zero-order valence-electron chi connectivity index (χ0n) is 20.0. The first-order chi connectivity index (χ1) is 16.5. The van der Waals surface area contributed by atoms with E-state index in [0.29, 0.717) is 47.9 Å². The average Bonchev–Trinajstić information content (AvgIpc) is 3.55. The number of fused-ring (bicyclic) bond motifs is 3. The van der Waals surface area contributed by atoms with E-state index in [2.05, 4.69) is 34.3 Å². The van der Waals surface area contributed by atoms with Gasteiger partial charge in [-0.05, 0) is 73.5 Å². The number of Topliss-reactive ketones (excluding diaryl/α,β-unsaturated/α-hetero) is 1. The van der Waals surface area contributed by atoms with Crippen LogP contribution in [0.2, 0.25) is 0 Å². The van der Waals surface area contributed by atoms with Gasteiger partial charge in [-0.2, -0.15) is 0 Å². The van der Waals surface area contributed by atoms with Gasteiger partial charge in [0.1, 0.15) is 11.3 Å². The van der Waals surface area contributed by atoms with Gasteiger partial charge in [0.2, 0.25) is 5.91 Å². The van der Waals surface area contributed by atoms with Gasteiger partial charge in [-0.25, -0.2) is 9.97 Å². The monoisotopic (exact) mass is 479 g/mol. The Hall–Kier alpha value is -2.54. The molecule has 1 amide bonds. The predicted molar refractivity (Wildman–Crippen MR) is 134 cm³/mol. The quantitative estimate of drug-likeness (QED) is 0.402. The number of carbonyl (C=O) groups excluding carboxylic acids is 2. The number of aromatic nitrogens is 2. The summed E-state index contributed by atoms with van der Waals surface area (Å²) in [5.41, 5.74) is 4.61. The van der Waals surface area contributed by atoms with Crippen LogP contribution in [0.25, 0.3) is 11.1 Å². The van der Waals surface area contributed by atoms with Gasteiger partial charge in [0.15, 0.2) is 17.1 Å². The van der Waals surface area contributed by atoms with E-state index in [0.717, 1.165) is 48.1 Å². The average molecular weight is 480 g/mol. The Morgan fingerprint density at radius 3 is 2.88 bits per heavy atom. The molecule has 34 heavy (non-hydrogen) atoms. The van der Waals surface area contributed by atoms with Gasteiger partial charge in [-0.3, -0.25) is 9.59 Å². The third kappa shape index (κ3) is 4.67. The van der Waals surface area contributed by atoms with Crippen LogP contribution in [-0.2, 0) is 16.0 Å². The van der Waals surface area contributed by atoms with Crippen LogP contribution in [0.3, 0.4) is 0 Å². The van der Waals surface area contributed by atoms with E-state index in [4.69, 9.17) is 4.42 Å². The molecule has 180 valence electrons. The highest BCUT2D eigenvalue weighted by Crippen LogP contribution is 2.50. The molecule has 0 saturated heterocycles. The van der Waals surface area contributed by atoms with E-state index in [1.165, 1.54) is 28.9 Å². The Bertz CT molecular complexity index is 1180.